The number of ether oxygens (including phenoxy) is 1. The highest BCUT2D eigenvalue weighted by molar-refractivity contribution is 5.88. The molecule has 9 heteroatoms. The number of carbonyl (C=O) groups is 4. The van der Waals surface area contributed by atoms with E-state index >= 15 is 0 Å². The Morgan fingerprint density at radius 3 is 2.37 bits per heavy atom. The molecular weight excluding hydrogens is 258 g/mol. The van der Waals surface area contributed by atoms with Crippen molar-refractivity contribution < 1.29 is 29.0 Å². The van der Waals surface area contributed by atoms with Crippen LogP contribution < -0.4 is 11.1 Å². The van der Waals surface area contributed by atoms with Crippen LogP contribution in [-0.2, 0) is 19.1 Å². The Hall–Kier alpha value is -2.32. The number of urea groups is 1. The summed E-state index contributed by atoms with van der Waals surface area (Å²) in [6.45, 7) is 1.46. The van der Waals surface area contributed by atoms with Crippen LogP contribution in [0.4, 0.5) is 4.79 Å². The van der Waals surface area contributed by atoms with Gasteiger partial charge in [0.05, 0.1) is 13.0 Å². The third kappa shape index (κ3) is 6.86. The maximum Gasteiger partial charge on any atom is 0.326 e. The molecule has 9 nitrogen and oxygen atoms in total. The first-order valence-corrected chi connectivity index (χ1v) is 5.46. The van der Waals surface area contributed by atoms with E-state index in [1.165, 1.54) is 7.05 Å². The monoisotopic (exact) mass is 275 g/mol. The van der Waals surface area contributed by atoms with Gasteiger partial charge >= 0.3 is 18.0 Å². The van der Waals surface area contributed by atoms with E-state index in [1.807, 2.05) is 0 Å². The Kier molecular flexibility index (Phi) is 6.94. The summed E-state index contributed by atoms with van der Waals surface area (Å²) >= 11 is 0. The fourth-order valence-electron chi connectivity index (χ4n) is 1.13. The Labute approximate surface area is 109 Å². The number of carboxylic acid groups (broad SMARTS) is 1. The lowest BCUT2D eigenvalue weighted by atomic mass is 10.2. The van der Waals surface area contributed by atoms with Crippen molar-refractivity contribution in [2.24, 2.45) is 5.73 Å². The predicted molar refractivity (Wildman–Crippen MR) is 63.0 cm³/mol. The Bertz CT molecular complexity index is 370. The SMILES string of the molecule is CCOC(=O)CN(C)C(=O)N[C@H](CC(N)=O)C(=O)O. The largest absolute Gasteiger partial charge is 0.480 e. The van der Waals surface area contributed by atoms with Gasteiger partial charge in [0.15, 0.2) is 0 Å². The zero-order valence-electron chi connectivity index (χ0n) is 10.7. The summed E-state index contributed by atoms with van der Waals surface area (Å²) < 4.78 is 4.63. The number of nitrogens with zero attached hydrogens (tertiary/aromatic N) is 1. The van der Waals surface area contributed by atoms with Crippen LogP contribution in [0.15, 0.2) is 0 Å². The summed E-state index contributed by atoms with van der Waals surface area (Å²) in [5, 5.41) is 10.9. The van der Waals surface area contributed by atoms with Gasteiger partial charge in [0.2, 0.25) is 5.91 Å². The van der Waals surface area contributed by atoms with Crippen molar-refractivity contribution in [2.45, 2.75) is 19.4 Å². The van der Waals surface area contributed by atoms with Crippen LogP contribution in [-0.4, -0.2) is 60.1 Å². The number of aliphatic carboxylic acids is 1. The standard InChI is InChI=1S/C10H17N3O6/c1-3-19-8(15)5-13(2)10(18)12-6(9(16)17)4-7(11)14/h6H,3-5H2,1-2H3,(H2,11,14)(H,12,18)(H,16,17)/t6-/m1/s1. The molecule has 0 rings (SSSR count). The van der Waals surface area contributed by atoms with Crippen LogP contribution in [0.2, 0.25) is 0 Å². The second-order valence-corrected chi connectivity index (χ2v) is 3.67. The number of primary amides is 1. The van der Waals surface area contributed by atoms with E-state index in [0.29, 0.717) is 0 Å². The molecule has 1 atom stereocenters. The second-order valence-electron chi connectivity index (χ2n) is 3.67. The highest BCUT2D eigenvalue weighted by Gasteiger charge is 2.24. The summed E-state index contributed by atoms with van der Waals surface area (Å²) in [7, 11) is 1.29. The summed E-state index contributed by atoms with van der Waals surface area (Å²) in [6, 6.07) is -2.25. The molecule has 0 bridgehead atoms. The molecule has 0 saturated heterocycles. The van der Waals surface area contributed by atoms with Crippen molar-refractivity contribution >= 4 is 23.9 Å². The number of amides is 3. The molecule has 0 fully saturated rings. The number of esters is 1. The molecular formula is C10H17N3O6. The van der Waals surface area contributed by atoms with Crippen molar-refractivity contribution in [1.82, 2.24) is 10.2 Å². The van der Waals surface area contributed by atoms with Crippen molar-refractivity contribution in [2.75, 3.05) is 20.2 Å². The first kappa shape index (κ1) is 16.7. The van der Waals surface area contributed by atoms with Gasteiger partial charge in [0.1, 0.15) is 12.6 Å². The molecule has 4 N–H and O–H groups in total. The van der Waals surface area contributed by atoms with Gasteiger partial charge in [0, 0.05) is 7.05 Å². The van der Waals surface area contributed by atoms with E-state index in [1.54, 1.807) is 6.92 Å². The molecule has 0 aliphatic heterocycles. The molecule has 0 radical (unpaired) electrons. The first-order valence-electron chi connectivity index (χ1n) is 5.46. The molecule has 0 spiro atoms. The minimum absolute atomic E-state index is 0.174. The molecule has 19 heavy (non-hydrogen) atoms. The van der Waals surface area contributed by atoms with Gasteiger partial charge in [-0.25, -0.2) is 9.59 Å². The number of nitrogens with one attached hydrogen (secondary N) is 1. The molecule has 108 valence electrons. The maximum absolute atomic E-state index is 11.6. The number of rotatable bonds is 7. The topological polar surface area (TPSA) is 139 Å². The van der Waals surface area contributed by atoms with E-state index in [4.69, 9.17) is 10.8 Å². The van der Waals surface area contributed by atoms with E-state index in [0.717, 1.165) is 4.90 Å². The van der Waals surface area contributed by atoms with Crippen molar-refractivity contribution in [3.8, 4) is 0 Å². The number of likely N-dealkylation sites (N-methyl/N-ethyl adjacent to an activating group) is 1. The average Bonchev–Trinajstić information content (AvgIpc) is 2.27. The lowest BCUT2D eigenvalue weighted by molar-refractivity contribution is -0.143. The van der Waals surface area contributed by atoms with Gasteiger partial charge in [-0.05, 0) is 6.92 Å². The smallest absolute Gasteiger partial charge is 0.326 e. The average molecular weight is 275 g/mol. The summed E-state index contributed by atoms with van der Waals surface area (Å²) in [6.07, 6.45) is -0.533. The van der Waals surface area contributed by atoms with E-state index < -0.39 is 36.3 Å². The van der Waals surface area contributed by atoms with E-state index in [2.05, 4.69) is 10.1 Å². The fourth-order valence-corrected chi connectivity index (χ4v) is 1.13. The van der Waals surface area contributed by atoms with Gasteiger partial charge in [-0.1, -0.05) is 0 Å². The fraction of sp³-hybridized carbons (Fsp3) is 0.600. The molecule has 0 aromatic carbocycles. The third-order valence-corrected chi connectivity index (χ3v) is 2.02. The van der Waals surface area contributed by atoms with E-state index in [-0.39, 0.29) is 13.2 Å². The minimum Gasteiger partial charge on any atom is -0.480 e. The van der Waals surface area contributed by atoms with Crippen molar-refractivity contribution in [3.05, 3.63) is 0 Å². The third-order valence-electron chi connectivity index (χ3n) is 2.02. The molecule has 0 heterocycles. The Morgan fingerprint density at radius 2 is 1.95 bits per heavy atom. The van der Waals surface area contributed by atoms with Crippen LogP contribution in [0.3, 0.4) is 0 Å². The van der Waals surface area contributed by atoms with Gasteiger partial charge in [0.25, 0.3) is 0 Å². The van der Waals surface area contributed by atoms with Gasteiger partial charge in [-0.2, -0.15) is 0 Å². The van der Waals surface area contributed by atoms with Gasteiger partial charge in [-0.15, -0.1) is 0 Å². The maximum atomic E-state index is 11.6. The lowest BCUT2D eigenvalue weighted by Crippen LogP contribution is -2.49. The molecule has 3 amide bonds. The second kappa shape index (κ2) is 7.90. The summed E-state index contributed by atoms with van der Waals surface area (Å²) in [5.74, 6) is -2.88. The quantitative estimate of drug-likeness (QED) is 0.484. The highest BCUT2D eigenvalue weighted by Crippen LogP contribution is 1.95. The van der Waals surface area contributed by atoms with E-state index in [9.17, 15) is 19.2 Å². The molecule has 0 saturated carbocycles. The lowest BCUT2D eigenvalue weighted by Gasteiger charge is -2.19. The molecule has 0 aliphatic carbocycles. The normalized spacial score (nSPS) is 11.3. The highest BCUT2D eigenvalue weighted by atomic mass is 16.5. The minimum atomic E-state index is -1.44. The van der Waals surface area contributed by atoms with Crippen molar-refractivity contribution in [3.63, 3.8) is 0 Å². The zero-order chi connectivity index (χ0) is 15.0. The number of nitrogens with two attached hydrogens (primary N) is 1. The zero-order valence-corrected chi connectivity index (χ0v) is 10.7. The molecule has 0 aliphatic rings. The first-order chi connectivity index (χ1) is 8.77. The molecule has 0 aromatic rings. The van der Waals surface area contributed by atoms with Crippen LogP contribution in [0.1, 0.15) is 13.3 Å². The van der Waals surface area contributed by atoms with Gasteiger partial charge in [-0.3, -0.25) is 9.59 Å². The van der Waals surface area contributed by atoms with Crippen molar-refractivity contribution in [1.29, 1.82) is 0 Å². The number of carboxylic acids is 1. The number of hydrogen-bond acceptors (Lipinski definition) is 5. The Balaban J connectivity index is 4.42. The number of carbonyl (C=O) groups excluding carboxylic acids is 3. The predicted octanol–water partition coefficient (Wildman–Crippen LogP) is -1.48. The van der Waals surface area contributed by atoms with Crippen LogP contribution in [0, 0.1) is 0 Å². The molecule has 0 unspecified atom stereocenters. The Morgan fingerprint density at radius 1 is 1.37 bits per heavy atom. The van der Waals surface area contributed by atoms with Gasteiger partial charge < -0.3 is 25.8 Å². The number of hydrogen-bond donors (Lipinski definition) is 3. The summed E-state index contributed by atoms with van der Waals surface area (Å²) in [4.78, 5) is 45.1. The van der Waals surface area contributed by atoms with Crippen LogP contribution in [0.25, 0.3) is 0 Å². The van der Waals surface area contributed by atoms with Crippen LogP contribution >= 0.6 is 0 Å². The molecule has 0 aromatic heterocycles. The van der Waals surface area contributed by atoms with Crippen LogP contribution in [0.5, 0.6) is 0 Å². The summed E-state index contributed by atoms with van der Waals surface area (Å²) in [5.41, 5.74) is 4.86.